The van der Waals surface area contributed by atoms with Crippen LogP contribution in [0.3, 0.4) is 0 Å². The fourth-order valence-corrected chi connectivity index (χ4v) is 3.14. The summed E-state index contributed by atoms with van der Waals surface area (Å²) in [6.07, 6.45) is 3.71. The van der Waals surface area contributed by atoms with Crippen LogP contribution in [0.5, 0.6) is 0 Å². The first-order chi connectivity index (χ1) is 12.0. The molecule has 0 radical (unpaired) electrons. The molecule has 1 aliphatic rings. The number of amides is 1. The van der Waals surface area contributed by atoms with E-state index >= 15 is 0 Å². The predicted molar refractivity (Wildman–Crippen MR) is 90.0 cm³/mol. The summed E-state index contributed by atoms with van der Waals surface area (Å²) in [7, 11) is 0. The third-order valence-electron chi connectivity index (χ3n) is 4.24. The summed E-state index contributed by atoms with van der Waals surface area (Å²) in [5, 5.41) is 8.86. The first kappa shape index (κ1) is 17.0. The summed E-state index contributed by atoms with van der Waals surface area (Å²) in [5.41, 5.74) is 1.89. The molecule has 1 amide bonds. The van der Waals surface area contributed by atoms with Gasteiger partial charge in [-0.15, -0.1) is 0 Å². The van der Waals surface area contributed by atoms with Gasteiger partial charge in [-0.05, 0) is 38.0 Å². The number of carboxylic acid groups (broad SMARTS) is 1. The van der Waals surface area contributed by atoms with Crippen LogP contribution in [0.4, 0.5) is 0 Å². The molecule has 1 saturated heterocycles. The highest BCUT2D eigenvalue weighted by Crippen LogP contribution is 2.32. The third-order valence-corrected chi connectivity index (χ3v) is 4.24. The molecule has 0 spiro atoms. The van der Waals surface area contributed by atoms with E-state index in [4.69, 9.17) is 5.11 Å². The van der Waals surface area contributed by atoms with Crippen LogP contribution >= 0.6 is 0 Å². The monoisotopic (exact) mass is 340 g/mol. The molecule has 3 rings (SSSR count). The van der Waals surface area contributed by atoms with Gasteiger partial charge in [-0.2, -0.15) is 0 Å². The van der Waals surface area contributed by atoms with E-state index in [1.165, 1.54) is 0 Å². The zero-order valence-corrected chi connectivity index (χ0v) is 14.1. The predicted octanol–water partition coefficient (Wildman–Crippen LogP) is 2.17. The molecule has 1 N–H and O–H groups in total. The van der Waals surface area contributed by atoms with E-state index in [0.717, 1.165) is 18.5 Å². The molecule has 0 aromatic carbocycles. The van der Waals surface area contributed by atoms with Crippen LogP contribution in [0.25, 0.3) is 0 Å². The number of hydrogen-bond donors (Lipinski definition) is 1. The average Bonchev–Trinajstić information content (AvgIpc) is 3.09. The highest BCUT2D eigenvalue weighted by atomic mass is 16.4. The zero-order valence-electron chi connectivity index (χ0n) is 14.1. The second-order valence-corrected chi connectivity index (χ2v) is 6.10. The Balaban J connectivity index is 1.84. The van der Waals surface area contributed by atoms with Crippen molar-refractivity contribution < 1.29 is 14.7 Å². The highest BCUT2D eigenvalue weighted by Gasteiger charge is 2.32. The van der Waals surface area contributed by atoms with Gasteiger partial charge in [0.15, 0.2) is 0 Å². The Kier molecular flexibility index (Phi) is 5.02. The van der Waals surface area contributed by atoms with Gasteiger partial charge in [0, 0.05) is 24.9 Å². The molecule has 1 atom stereocenters. The molecule has 1 fully saturated rings. The lowest BCUT2D eigenvalue weighted by Gasteiger charge is -2.24. The summed E-state index contributed by atoms with van der Waals surface area (Å²) in [6.45, 7) is 2.45. The molecular formula is C18H20N4O3. The molecule has 2 aromatic rings. The van der Waals surface area contributed by atoms with Gasteiger partial charge in [0.25, 0.3) is 5.91 Å². The van der Waals surface area contributed by atoms with Gasteiger partial charge in [0.1, 0.15) is 11.5 Å². The van der Waals surface area contributed by atoms with Crippen LogP contribution in [0, 0.1) is 6.92 Å². The minimum Gasteiger partial charge on any atom is -0.481 e. The van der Waals surface area contributed by atoms with Gasteiger partial charge < -0.3 is 10.0 Å². The van der Waals surface area contributed by atoms with E-state index in [2.05, 4.69) is 15.0 Å². The standard InChI is InChI=1S/C18H20N4O3/c1-12-20-13(7-8-17(23)24)11-15(21-12)16-6-4-10-22(16)18(25)14-5-2-3-9-19-14/h2-3,5,9,11,16H,4,6-8,10H2,1H3,(H,23,24). The van der Waals surface area contributed by atoms with E-state index in [0.29, 0.717) is 30.2 Å². The molecule has 2 aromatic heterocycles. The van der Waals surface area contributed by atoms with E-state index in [1.807, 2.05) is 6.07 Å². The van der Waals surface area contributed by atoms with Crippen molar-refractivity contribution in [2.75, 3.05) is 6.54 Å². The lowest BCUT2D eigenvalue weighted by Crippen LogP contribution is -2.31. The molecule has 7 heteroatoms. The van der Waals surface area contributed by atoms with Gasteiger partial charge in [0.05, 0.1) is 18.2 Å². The molecule has 1 unspecified atom stereocenters. The van der Waals surface area contributed by atoms with Crippen molar-refractivity contribution in [3.63, 3.8) is 0 Å². The van der Waals surface area contributed by atoms with Gasteiger partial charge in [0.2, 0.25) is 0 Å². The molecule has 0 bridgehead atoms. The van der Waals surface area contributed by atoms with Crippen LogP contribution in [-0.2, 0) is 11.2 Å². The average molecular weight is 340 g/mol. The van der Waals surface area contributed by atoms with Crippen LogP contribution in [0.15, 0.2) is 30.5 Å². The van der Waals surface area contributed by atoms with Crippen molar-refractivity contribution in [2.45, 2.75) is 38.6 Å². The molecule has 1 aliphatic heterocycles. The van der Waals surface area contributed by atoms with Crippen molar-refractivity contribution in [1.82, 2.24) is 19.9 Å². The van der Waals surface area contributed by atoms with Crippen molar-refractivity contribution in [2.24, 2.45) is 0 Å². The fraction of sp³-hybridized carbons (Fsp3) is 0.389. The number of nitrogens with zero attached hydrogens (tertiary/aromatic N) is 4. The minimum atomic E-state index is -0.856. The zero-order chi connectivity index (χ0) is 17.8. The SMILES string of the molecule is Cc1nc(CCC(=O)O)cc(C2CCCN2C(=O)c2ccccn2)n1. The maximum absolute atomic E-state index is 12.8. The number of pyridine rings is 1. The molecule has 130 valence electrons. The van der Waals surface area contributed by atoms with Crippen molar-refractivity contribution >= 4 is 11.9 Å². The molecule has 25 heavy (non-hydrogen) atoms. The Morgan fingerprint density at radius 3 is 2.88 bits per heavy atom. The number of likely N-dealkylation sites (tertiary alicyclic amines) is 1. The number of aryl methyl sites for hydroxylation is 2. The summed E-state index contributed by atoms with van der Waals surface area (Å²) in [6, 6.07) is 6.98. The number of carbonyl (C=O) groups is 2. The largest absolute Gasteiger partial charge is 0.481 e. The quantitative estimate of drug-likeness (QED) is 0.896. The van der Waals surface area contributed by atoms with E-state index < -0.39 is 5.97 Å². The lowest BCUT2D eigenvalue weighted by molar-refractivity contribution is -0.136. The fourth-order valence-electron chi connectivity index (χ4n) is 3.14. The topological polar surface area (TPSA) is 96.3 Å². The number of aromatic nitrogens is 3. The maximum Gasteiger partial charge on any atom is 0.303 e. The maximum atomic E-state index is 12.8. The molecule has 3 heterocycles. The van der Waals surface area contributed by atoms with E-state index in [9.17, 15) is 9.59 Å². The number of rotatable bonds is 5. The van der Waals surface area contributed by atoms with Crippen LogP contribution in [-0.4, -0.2) is 43.4 Å². The smallest absolute Gasteiger partial charge is 0.303 e. The summed E-state index contributed by atoms with van der Waals surface area (Å²) < 4.78 is 0. The summed E-state index contributed by atoms with van der Waals surface area (Å²) >= 11 is 0. The van der Waals surface area contributed by atoms with Gasteiger partial charge in [-0.25, -0.2) is 9.97 Å². The van der Waals surface area contributed by atoms with E-state index in [1.54, 1.807) is 36.2 Å². The Bertz CT molecular complexity index is 779. The Labute approximate surface area is 145 Å². The number of aliphatic carboxylic acids is 1. The Hall–Kier alpha value is -2.83. The highest BCUT2D eigenvalue weighted by molar-refractivity contribution is 5.92. The number of carboxylic acids is 1. The van der Waals surface area contributed by atoms with Gasteiger partial charge in [-0.1, -0.05) is 6.07 Å². The summed E-state index contributed by atoms with van der Waals surface area (Å²) in [5.74, 6) is -0.368. The molecule has 0 saturated carbocycles. The third kappa shape index (κ3) is 3.99. The second-order valence-electron chi connectivity index (χ2n) is 6.10. The van der Waals surface area contributed by atoms with Gasteiger partial charge in [-0.3, -0.25) is 14.6 Å². The van der Waals surface area contributed by atoms with Crippen molar-refractivity contribution in [3.05, 3.63) is 53.4 Å². The van der Waals surface area contributed by atoms with E-state index in [-0.39, 0.29) is 18.4 Å². The second kappa shape index (κ2) is 7.38. The molecule has 0 aliphatic carbocycles. The first-order valence-electron chi connectivity index (χ1n) is 8.33. The molecule has 7 nitrogen and oxygen atoms in total. The minimum absolute atomic E-state index is 0.0249. The Morgan fingerprint density at radius 1 is 1.32 bits per heavy atom. The number of carbonyl (C=O) groups excluding carboxylic acids is 1. The summed E-state index contributed by atoms with van der Waals surface area (Å²) in [4.78, 5) is 38.3. The van der Waals surface area contributed by atoms with Crippen molar-refractivity contribution in [1.29, 1.82) is 0 Å². The number of hydrogen-bond acceptors (Lipinski definition) is 5. The van der Waals surface area contributed by atoms with Crippen LogP contribution in [0.1, 0.15) is 53.0 Å². The lowest BCUT2D eigenvalue weighted by atomic mass is 10.1. The van der Waals surface area contributed by atoms with Crippen LogP contribution in [0.2, 0.25) is 0 Å². The van der Waals surface area contributed by atoms with Crippen LogP contribution < -0.4 is 0 Å². The Morgan fingerprint density at radius 2 is 2.16 bits per heavy atom. The normalized spacial score (nSPS) is 16.8. The van der Waals surface area contributed by atoms with Crippen molar-refractivity contribution in [3.8, 4) is 0 Å². The van der Waals surface area contributed by atoms with Gasteiger partial charge >= 0.3 is 5.97 Å². The first-order valence-corrected chi connectivity index (χ1v) is 8.33. The molecular weight excluding hydrogens is 320 g/mol.